The molecule has 2 heterocycles. The number of benzene rings is 3. The van der Waals surface area contributed by atoms with Gasteiger partial charge in [0.15, 0.2) is 0 Å². The van der Waals surface area contributed by atoms with E-state index in [1.54, 1.807) is 24.3 Å². The van der Waals surface area contributed by atoms with Crippen LogP contribution in [0, 0.1) is 0 Å². The molecule has 0 unspecified atom stereocenters. The molecule has 3 aromatic carbocycles. The molecule has 0 aliphatic carbocycles. The number of imide groups is 1. The van der Waals surface area contributed by atoms with Crippen LogP contribution in [0.15, 0.2) is 77.8 Å². The summed E-state index contributed by atoms with van der Waals surface area (Å²) in [5, 5.41) is 1.98. The van der Waals surface area contributed by atoms with Crippen molar-refractivity contribution in [2.24, 2.45) is 0 Å². The molecule has 170 valence electrons. The van der Waals surface area contributed by atoms with E-state index < -0.39 is 0 Å². The number of thioether (sulfide) groups is 1. The van der Waals surface area contributed by atoms with E-state index >= 15 is 0 Å². The largest absolute Gasteiger partial charge is 0.342 e. The summed E-state index contributed by atoms with van der Waals surface area (Å²) in [7, 11) is 0. The minimum absolute atomic E-state index is 0.322. The molecule has 1 aliphatic rings. The highest BCUT2D eigenvalue weighted by molar-refractivity contribution is 8.19. The van der Waals surface area contributed by atoms with E-state index in [-0.39, 0.29) is 11.1 Å². The Bertz CT molecular complexity index is 1440. The normalized spacial score (nSPS) is 15.1. The number of fused-ring (bicyclic) bond motifs is 1. The maximum atomic E-state index is 13.2. The third-order valence-corrected chi connectivity index (χ3v) is 7.20. The smallest absolute Gasteiger partial charge is 0.298 e. The van der Waals surface area contributed by atoms with Gasteiger partial charge in [0.1, 0.15) is 0 Å². The number of halogens is 2. The Hall–Kier alpha value is -2.99. The highest BCUT2D eigenvalue weighted by Crippen LogP contribution is 2.37. The van der Waals surface area contributed by atoms with Crippen LogP contribution in [0.3, 0.4) is 0 Å². The van der Waals surface area contributed by atoms with Gasteiger partial charge in [-0.3, -0.25) is 9.59 Å². The molecule has 0 atom stereocenters. The van der Waals surface area contributed by atoms with Gasteiger partial charge in [-0.1, -0.05) is 60.5 Å². The Morgan fingerprint density at radius 1 is 0.912 bits per heavy atom. The molecule has 7 heteroatoms. The van der Waals surface area contributed by atoms with Crippen LogP contribution < -0.4 is 4.90 Å². The predicted octanol–water partition coefficient (Wildman–Crippen LogP) is 7.80. The number of carbonyl (C=O) groups excluding carboxylic acids is 2. The first-order chi connectivity index (χ1) is 16.4. The molecule has 4 aromatic rings. The van der Waals surface area contributed by atoms with Gasteiger partial charge in [-0.15, -0.1) is 0 Å². The highest BCUT2D eigenvalue weighted by Gasteiger charge is 2.36. The second kappa shape index (κ2) is 9.34. The fourth-order valence-corrected chi connectivity index (χ4v) is 5.28. The Labute approximate surface area is 211 Å². The van der Waals surface area contributed by atoms with Gasteiger partial charge in [0.25, 0.3) is 11.1 Å². The number of anilines is 1. The lowest BCUT2D eigenvalue weighted by atomic mass is 10.1. The molecule has 1 aliphatic heterocycles. The van der Waals surface area contributed by atoms with E-state index in [1.165, 1.54) is 10.5 Å². The first-order valence-corrected chi connectivity index (χ1v) is 12.4. The lowest BCUT2D eigenvalue weighted by Gasteiger charge is -2.12. The number of amides is 2. The maximum Gasteiger partial charge on any atom is 0.298 e. The second-order valence-corrected chi connectivity index (χ2v) is 9.87. The van der Waals surface area contributed by atoms with Crippen LogP contribution in [-0.2, 0) is 17.8 Å². The average molecular weight is 507 g/mol. The summed E-state index contributed by atoms with van der Waals surface area (Å²) in [6, 6.07) is 20.7. The summed E-state index contributed by atoms with van der Waals surface area (Å²) in [5.74, 6) is -0.331. The lowest BCUT2D eigenvalue weighted by molar-refractivity contribution is -0.113. The first kappa shape index (κ1) is 22.8. The Morgan fingerprint density at radius 2 is 1.59 bits per heavy atom. The van der Waals surface area contributed by atoms with Crippen LogP contribution in [0.25, 0.3) is 17.0 Å². The zero-order chi connectivity index (χ0) is 23.8. The van der Waals surface area contributed by atoms with Gasteiger partial charge >= 0.3 is 0 Å². The van der Waals surface area contributed by atoms with Crippen LogP contribution in [0.5, 0.6) is 0 Å². The molecule has 0 radical (unpaired) electrons. The summed E-state index contributed by atoms with van der Waals surface area (Å²) in [4.78, 5) is 27.4. The number of nitrogens with zero attached hydrogens (tertiary/aromatic N) is 2. The number of aromatic nitrogens is 1. The summed E-state index contributed by atoms with van der Waals surface area (Å²) >= 11 is 13.0. The van der Waals surface area contributed by atoms with Gasteiger partial charge in [0, 0.05) is 33.7 Å². The third kappa shape index (κ3) is 4.27. The van der Waals surface area contributed by atoms with Gasteiger partial charge in [0.2, 0.25) is 0 Å². The average Bonchev–Trinajstić information content (AvgIpc) is 3.32. The van der Waals surface area contributed by atoms with E-state index in [2.05, 4.69) is 29.8 Å². The zero-order valence-corrected chi connectivity index (χ0v) is 20.6. The standard InChI is InChI=1S/C27H20Cl2N2O2S/c1-2-18-4-3-5-23-19(16-30(25(18)23)15-17-6-8-20(28)9-7-17)14-24-26(32)31(27(33)34-24)22-12-10-21(29)11-13-22/h3-14,16H,2,15H2,1H3/b24-14-. The summed E-state index contributed by atoms with van der Waals surface area (Å²) < 4.78 is 2.20. The van der Waals surface area contributed by atoms with Crippen molar-refractivity contribution in [2.45, 2.75) is 19.9 Å². The van der Waals surface area contributed by atoms with Gasteiger partial charge in [-0.25, -0.2) is 4.90 Å². The van der Waals surface area contributed by atoms with Crippen LogP contribution in [0.1, 0.15) is 23.6 Å². The van der Waals surface area contributed by atoms with Crippen molar-refractivity contribution in [3.05, 3.63) is 105 Å². The van der Waals surface area contributed by atoms with Gasteiger partial charge in [0.05, 0.1) is 16.1 Å². The van der Waals surface area contributed by atoms with Crippen molar-refractivity contribution in [3.8, 4) is 0 Å². The van der Waals surface area contributed by atoms with Gasteiger partial charge < -0.3 is 4.57 Å². The predicted molar refractivity (Wildman–Crippen MR) is 142 cm³/mol. The van der Waals surface area contributed by atoms with Gasteiger partial charge in [-0.2, -0.15) is 0 Å². The molecule has 1 fully saturated rings. The van der Waals surface area contributed by atoms with Crippen molar-refractivity contribution in [3.63, 3.8) is 0 Å². The third-order valence-electron chi connectivity index (χ3n) is 5.82. The molecule has 0 N–H and O–H groups in total. The van der Waals surface area contributed by atoms with E-state index in [1.807, 2.05) is 36.4 Å². The number of para-hydroxylation sites is 1. The van der Waals surface area contributed by atoms with Crippen LogP contribution in [0.4, 0.5) is 10.5 Å². The molecule has 4 nitrogen and oxygen atoms in total. The van der Waals surface area contributed by atoms with Crippen molar-refractivity contribution in [1.82, 2.24) is 4.57 Å². The highest BCUT2D eigenvalue weighted by atomic mass is 35.5. The summed E-state index contributed by atoms with van der Waals surface area (Å²) in [6.45, 7) is 2.80. The van der Waals surface area contributed by atoms with Crippen LogP contribution in [-0.4, -0.2) is 15.7 Å². The van der Waals surface area contributed by atoms with Gasteiger partial charge in [-0.05, 0) is 71.8 Å². The molecular weight excluding hydrogens is 487 g/mol. The number of aryl methyl sites for hydroxylation is 1. The molecule has 1 aromatic heterocycles. The van der Waals surface area contributed by atoms with E-state index in [4.69, 9.17) is 23.2 Å². The van der Waals surface area contributed by atoms with Crippen molar-refractivity contribution in [2.75, 3.05) is 4.90 Å². The summed E-state index contributed by atoms with van der Waals surface area (Å²) in [5.41, 5.74) is 4.89. The van der Waals surface area contributed by atoms with E-state index in [0.717, 1.165) is 40.2 Å². The van der Waals surface area contributed by atoms with Crippen molar-refractivity contribution < 1.29 is 9.59 Å². The van der Waals surface area contributed by atoms with Crippen molar-refractivity contribution >= 4 is 68.8 Å². The van der Waals surface area contributed by atoms with E-state index in [9.17, 15) is 9.59 Å². The number of rotatable bonds is 5. The maximum absolute atomic E-state index is 13.2. The van der Waals surface area contributed by atoms with Crippen LogP contribution in [0.2, 0.25) is 10.0 Å². The van der Waals surface area contributed by atoms with Crippen LogP contribution >= 0.6 is 35.0 Å². The monoisotopic (exact) mass is 506 g/mol. The Morgan fingerprint density at radius 3 is 2.26 bits per heavy atom. The zero-order valence-electron chi connectivity index (χ0n) is 18.3. The number of carbonyl (C=O) groups is 2. The molecule has 2 amide bonds. The van der Waals surface area contributed by atoms with E-state index in [0.29, 0.717) is 27.2 Å². The molecule has 34 heavy (non-hydrogen) atoms. The number of hydrogen-bond donors (Lipinski definition) is 0. The molecule has 1 saturated heterocycles. The fraction of sp³-hybridized carbons (Fsp3) is 0.111. The molecule has 0 saturated carbocycles. The molecule has 0 bridgehead atoms. The SMILES string of the molecule is CCc1cccc2c(/C=C3\SC(=O)N(c4ccc(Cl)cc4)C3=O)cn(Cc3ccc(Cl)cc3)c12. The minimum Gasteiger partial charge on any atom is -0.342 e. The molecular formula is C27H20Cl2N2O2S. The summed E-state index contributed by atoms with van der Waals surface area (Å²) in [6.07, 6.45) is 4.75. The lowest BCUT2D eigenvalue weighted by Crippen LogP contribution is -2.27. The quantitative estimate of drug-likeness (QED) is 0.259. The Balaban J connectivity index is 1.56. The number of hydrogen-bond acceptors (Lipinski definition) is 3. The van der Waals surface area contributed by atoms with Crippen molar-refractivity contribution in [1.29, 1.82) is 0 Å². The molecule has 5 rings (SSSR count). The fourth-order valence-electron chi connectivity index (χ4n) is 4.20. The molecule has 0 spiro atoms. The Kier molecular flexibility index (Phi) is 6.26. The topological polar surface area (TPSA) is 42.3 Å². The first-order valence-electron chi connectivity index (χ1n) is 10.8. The second-order valence-electron chi connectivity index (χ2n) is 8.00. The minimum atomic E-state index is -0.331.